The Morgan fingerprint density at radius 2 is 2.12 bits per heavy atom. The van der Waals surface area contributed by atoms with E-state index in [4.69, 9.17) is 25.0 Å². The van der Waals surface area contributed by atoms with Crippen molar-refractivity contribution >= 4 is 30.5 Å². The lowest BCUT2D eigenvalue weighted by Gasteiger charge is -2.25. The highest BCUT2D eigenvalue weighted by atomic mass is 31.2. The summed E-state index contributed by atoms with van der Waals surface area (Å²) in [6.07, 6.45) is 0.862. The van der Waals surface area contributed by atoms with E-state index in [1.54, 1.807) is 0 Å². The Hall–Kier alpha value is -1.92. The van der Waals surface area contributed by atoms with Crippen LogP contribution in [-0.4, -0.2) is 73.6 Å². The van der Waals surface area contributed by atoms with Crippen molar-refractivity contribution in [2.45, 2.75) is 12.2 Å². The summed E-state index contributed by atoms with van der Waals surface area (Å²) >= 11 is 0. The number of hydrogen-bond donors (Lipinski definition) is 4. The van der Waals surface area contributed by atoms with E-state index in [0.29, 0.717) is 11.2 Å². The predicted molar refractivity (Wildman–Crippen MR) is 90.7 cm³/mol. The van der Waals surface area contributed by atoms with Gasteiger partial charge in [-0.25, -0.2) is 19.5 Å². The van der Waals surface area contributed by atoms with Gasteiger partial charge in [-0.15, -0.1) is 0 Å². The molecule has 26 heavy (non-hydrogen) atoms. The van der Waals surface area contributed by atoms with E-state index in [1.807, 2.05) is 0 Å². The molecule has 13 heteroatoms. The number of aliphatic hydroxyl groups excluding tert-OH is 1. The van der Waals surface area contributed by atoms with Gasteiger partial charge in [0.05, 0.1) is 19.8 Å². The second-order valence-corrected chi connectivity index (χ2v) is 6.45. The molecule has 0 spiro atoms. The van der Waals surface area contributed by atoms with E-state index >= 15 is 0 Å². The van der Waals surface area contributed by atoms with Crippen LogP contribution in [0.3, 0.4) is 0 Å². The highest BCUT2D eigenvalue weighted by Crippen LogP contribution is 2.36. The van der Waals surface area contributed by atoms with Crippen molar-refractivity contribution in [2.24, 2.45) is 0 Å². The predicted octanol–water partition coefficient (Wildman–Crippen LogP) is -0.619. The standard InChI is InChI=1S/C13H20N5O7P/c1-8(18-7-17-11-12(14)15-6-16-13(11)18)10(3-19)25-9(4-23-2)5-24-26(20,21)22/h6-7,9-10,19H,1,3-5H2,2H3,(H2,14,15,16)(H2,20,21,22)/t9-,10+/m0/s1. The number of phosphoric ester groups is 1. The molecular weight excluding hydrogens is 369 g/mol. The first-order valence-electron chi connectivity index (χ1n) is 7.34. The van der Waals surface area contributed by atoms with Crippen molar-refractivity contribution in [1.82, 2.24) is 19.5 Å². The van der Waals surface area contributed by atoms with Crippen LogP contribution in [0.15, 0.2) is 19.2 Å². The summed E-state index contributed by atoms with van der Waals surface area (Å²) in [7, 11) is -3.28. The smallest absolute Gasteiger partial charge is 0.393 e. The molecule has 0 amide bonds. The number of rotatable bonds is 10. The van der Waals surface area contributed by atoms with E-state index in [1.165, 1.54) is 24.3 Å². The summed E-state index contributed by atoms with van der Waals surface area (Å²) in [6.45, 7) is 2.94. The monoisotopic (exact) mass is 389 g/mol. The van der Waals surface area contributed by atoms with Crippen LogP contribution in [0.25, 0.3) is 16.9 Å². The Morgan fingerprint density at radius 3 is 2.73 bits per heavy atom. The average Bonchev–Trinajstić information content (AvgIpc) is 3.01. The van der Waals surface area contributed by atoms with Crippen LogP contribution in [0, 0.1) is 0 Å². The molecule has 2 heterocycles. The quantitative estimate of drug-likeness (QED) is 0.381. The minimum Gasteiger partial charge on any atom is -0.393 e. The van der Waals surface area contributed by atoms with Gasteiger partial charge in [0.15, 0.2) is 17.0 Å². The molecule has 0 saturated heterocycles. The first-order chi connectivity index (χ1) is 12.3. The van der Waals surface area contributed by atoms with Gasteiger partial charge in [0.2, 0.25) is 0 Å². The fraction of sp³-hybridized carbons (Fsp3) is 0.462. The first kappa shape index (κ1) is 20.4. The van der Waals surface area contributed by atoms with Crippen molar-refractivity contribution in [3.05, 3.63) is 19.2 Å². The fourth-order valence-corrected chi connectivity index (χ4v) is 2.53. The van der Waals surface area contributed by atoms with E-state index < -0.39 is 33.2 Å². The molecule has 0 aliphatic carbocycles. The van der Waals surface area contributed by atoms with E-state index in [0.717, 1.165) is 0 Å². The van der Waals surface area contributed by atoms with Crippen LogP contribution in [0.4, 0.5) is 5.82 Å². The third-order valence-corrected chi connectivity index (χ3v) is 3.83. The lowest BCUT2D eigenvalue weighted by molar-refractivity contribution is -0.0653. The third-order valence-electron chi connectivity index (χ3n) is 3.35. The maximum Gasteiger partial charge on any atom is 0.469 e. The normalized spacial score (nSPS) is 14.5. The molecule has 0 bridgehead atoms. The summed E-state index contributed by atoms with van der Waals surface area (Å²) in [5.74, 6) is 0.190. The summed E-state index contributed by atoms with van der Waals surface area (Å²) in [5.41, 5.74) is 6.76. The molecule has 144 valence electrons. The maximum atomic E-state index is 10.9. The number of phosphoric acid groups is 1. The van der Waals surface area contributed by atoms with Crippen LogP contribution >= 0.6 is 7.82 Å². The molecular formula is C13H20N5O7P. The van der Waals surface area contributed by atoms with E-state index in [-0.39, 0.29) is 18.1 Å². The number of ether oxygens (including phenoxy) is 2. The van der Waals surface area contributed by atoms with Crippen LogP contribution < -0.4 is 5.73 Å². The molecule has 0 aliphatic rings. The Labute approximate surface area is 148 Å². The van der Waals surface area contributed by atoms with Gasteiger partial charge in [-0.3, -0.25) is 9.09 Å². The van der Waals surface area contributed by atoms with Gasteiger partial charge < -0.3 is 30.1 Å². The maximum absolute atomic E-state index is 10.9. The Balaban J connectivity index is 2.18. The number of nitrogens with zero attached hydrogens (tertiary/aromatic N) is 4. The number of nitrogen functional groups attached to an aromatic ring is 1. The zero-order chi connectivity index (χ0) is 19.3. The van der Waals surface area contributed by atoms with Gasteiger partial charge in [0.1, 0.15) is 24.9 Å². The number of aliphatic hydroxyl groups is 1. The molecule has 2 aromatic heterocycles. The lowest BCUT2D eigenvalue weighted by atomic mass is 10.2. The summed E-state index contributed by atoms with van der Waals surface area (Å²) < 4.78 is 27.4. The van der Waals surface area contributed by atoms with Gasteiger partial charge >= 0.3 is 7.82 Å². The van der Waals surface area contributed by atoms with Crippen molar-refractivity contribution in [3.63, 3.8) is 0 Å². The van der Waals surface area contributed by atoms with Crippen LogP contribution in [0.2, 0.25) is 0 Å². The molecule has 2 rings (SSSR count). The molecule has 2 aromatic rings. The van der Waals surface area contributed by atoms with Gasteiger partial charge in [0, 0.05) is 12.8 Å². The first-order valence-corrected chi connectivity index (χ1v) is 8.88. The van der Waals surface area contributed by atoms with Crippen molar-refractivity contribution < 1.29 is 33.5 Å². The molecule has 0 aliphatic heterocycles. The molecule has 0 saturated carbocycles. The summed E-state index contributed by atoms with van der Waals surface area (Å²) in [6, 6.07) is 0. The molecule has 0 unspecified atom stereocenters. The van der Waals surface area contributed by atoms with Gasteiger partial charge in [-0.2, -0.15) is 0 Å². The number of methoxy groups -OCH3 is 1. The fourth-order valence-electron chi connectivity index (χ4n) is 2.17. The van der Waals surface area contributed by atoms with Crippen molar-refractivity contribution in [2.75, 3.05) is 32.7 Å². The van der Waals surface area contributed by atoms with Crippen LogP contribution in [0.5, 0.6) is 0 Å². The molecule has 0 aromatic carbocycles. The molecule has 0 fully saturated rings. The number of hydrogen-bond acceptors (Lipinski definition) is 9. The minimum absolute atomic E-state index is 0.0242. The average molecular weight is 389 g/mol. The molecule has 2 atom stereocenters. The topological polar surface area (TPSA) is 175 Å². The third kappa shape index (κ3) is 5.05. The molecule has 0 radical (unpaired) electrons. The lowest BCUT2D eigenvalue weighted by Crippen LogP contribution is -2.33. The Bertz CT molecular complexity index is 807. The number of nitrogens with two attached hydrogens (primary N) is 1. The molecule has 5 N–H and O–H groups in total. The number of imidazole rings is 1. The van der Waals surface area contributed by atoms with Gasteiger partial charge in [-0.1, -0.05) is 6.58 Å². The SMILES string of the molecule is C=C([C@@H](CO)O[C@@H](COC)COP(=O)(O)O)n1cnc2c(N)ncnc21. The highest BCUT2D eigenvalue weighted by molar-refractivity contribution is 7.46. The van der Waals surface area contributed by atoms with Crippen LogP contribution in [-0.2, 0) is 18.6 Å². The van der Waals surface area contributed by atoms with Gasteiger partial charge in [-0.05, 0) is 0 Å². The Morgan fingerprint density at radius 1 is 1.38 bits per heavy atom. The van der Waals surface area contributed by atoms with Crippen molar-refractivity contribution in [1.29, 1.82) is 0 Å². The van der Waals surface area contributed by atoms with Gasteiger partial charge in [0.25, 0.3) is 0 Å². The van der Waals surface area contributed by atoms with Crippen LogP contribution in [0.1, 0.15) is 0 Å². The summed E-state index contributed by atoms with van der Waals surface area (Å²) in [4.78, 5) is 29.7. The molecule has 12 nitrogen and oxygen atoms in total. The minimum atomic E-state index is -4.67. The number of fused-ring (bicyclic) bond motifs is 1. The largest absolute Gasteiger partial charge is 0.469 e. The van der Waals surface area contributed by atoms with E-state index in [2.05, 4.69) is 26.1 Å². The zero-order valence-electron chi connectivity index (χ0n) is 13.9. The Kier molecular flexibility index (Phi) is 6.78. The second kappa shape index (κ2) is 8.64. The zero-order valence-corrected chi connectivity index (χ0v) is 14.8. The number of anilines is 1. The number of aromatic nitrogens is 4. The summed E-state index contributed by atoms with van der Waals surface area (Å²) in [5, 5.41) is 9.65. The van der Waals surface area contributed by atoms with E-state index in [9.17, 15) is 9.67 Å². The van der Waals surface area contributed by atoms with Crippen molar-refractivity contribution in [3.8, 4) is 0 Å². The highest BCUT2D eigenvalue weighted by Gasteiger charge is 2.25. The second-order valence-electron chi connectivity index (χ2n) is 5.21.